The molecule has 9 heteroatoms. The molecule has 24 heavy (non-hydrogen) atoms. The fraction of sp³-hybridized carbons (Fsp3) is 0.400. The highest BCUT2D eigenvalue weighted by atomic mass is 35.5. The Kier molecular flexibility index (Phi) is 5.99. The first-order valence-electron chi connectivity index (χ1n) is 7.29. The Bertz CT molecular complexity index is 614. The van der Waals surface area contributed by atoms with Crippen molar-refractivity contribution in [1.29, 1.82) is 0 Å². The molecule has 3 amide bonds. The van der Waals surface area contributed by atoms with E-state index in [-0.39, 0.29) is 32.7 Å². The van der Waals surface area contributed by atoms with Crippen LogP contribution in [0.5, 0.6) is 0 Å². The maximum Gasteiger partial charge on any atom is 0.331 e. The molecule has 1 aromatic carbocycles. The molecule has 0 spiro atoms. The highest BCUT2D eigenvalue weighted by molar-refractivity contribution is 6.30. The van der Waals surface area contributed by atoms with E-state index >= 15 is 0 Å². The Morgan fingerprint density at radius 3 is 2.50 bits per heavy atom. The van der Waals surface area contributed by atoms with Crippen molar-refractivity contribution in [3.05, 3.63) is 34.9 Å². The highest BCUT2D eigenvalue weighted by Crippen LogP contribution is 2.18. The van der Waals surface area contributed by atoms with Gasteiger partial charge in [0.2, 0.25) is 5.91 Å². The van der Waals surface area contributed by atoms with Gasteiger partial charge in [-0.05, 0) is 17.7 Å². The van der Waals surface area contributed by atoms with E-state index in [0.717, 1.165) is 5.56 Å². The van der Waals surface area contributed by atoms with Gasteiger partial charge in [0.05, 0.1) is 13.2 Å². The van der Waals surface area contributed by atoms with Crippen LogP contribution >= 0.6 is 11.6 Å². The molecule has 0 bridgehead atoms. The summed E-state index contributed by atoms with van der Waals surface area (Å²) in [5.74, 6) is -1.75. The minimum absolute atomic E-state index is 0.0865. The van der Waals surface area contributed by atoms with Gasteiger partial charge in [0.15, 0.2) is 5.54 Å². The maximum absolute atomic E-state index is 11.8. The van der Waals surface area contributed by atoms with Gasteiger partial charge in [-0.3, -0.25) is 4.79 Å². The molecular weight excluding hydrogens is 338 g/mol. The summed E-state index contributed by atoms with van der Waals surface area (Å²) in [5.41, 5.74) is -0.564. The second-order valence-corrected chi connectivity index (χ2v) is 5.84. The molecule has 0 radical (unpaired) electrons. The first-order chi connectivity index (χ1) is 11.4. The second kappa shape index (κ2) is 7.98. The number of rotatable bonds is 6. The van der Waals surface area contributed by atoms with Crippen molar-refractivity contribution in [2.75, 3.05) is 19.8 Å². The molecule has 4 N–H and O–H groups in total. The number of urea groups is 1. The lowest BCUT2D eigenvalue weighted by molar-refractivity contribution is -0.147. The van der Waals surface area contributed by atoms with Crippen molar-refractivity contribution in [2.45, 2.75) is 18.5 Å². The van der Waals surface area contributed by atoms with Gasteiger partial charge >= 0.3 is 12.0 Å². The van der Waals surface area contributed by atoms with Crippen LogP contribution in [0.25, 0.3) is 0 Å². The summed E-state index contributed by atoms with van der Waals surface area (Å²) in [7, 11) is 0. The molecule has 1 fully saturated rings. The number of benzene rings is 1. The number of halogens is 1. The quantitative estimate of drug-likeness (QED) is 0.593. The average Bonchev–Trinajstić information content (AvgIpc) is 3.02. The number of hydrogen-bond acceptors (Lipinski definition) is 4. The van der Waals surface area contributed by atoms with Crippen molar-refractivity contribution in [2.24, 2.45) is 0 Å². The van der Waals surface area contributed by atoms with Crippen LogP contribution in [0.3, 0.4) is 0 Å². The number of carbonyl (C=O) groups is 3. The van der Waals surface area contributed by atoms with E-state index in [9.17, 15) is 19.5 Å². The third-order valence-corrected chi connectivity index (χ3v) is 3.84. The van der Waals surface area contributed by atoms with Gasteiger partial charge in [-0.15, -0.1) is 0 Å². The molecule has 1 atom stereocenters. The molecule has 2 rings (SSSR count). The van der Waals surface area contributed by atoms with Crippen molar-refractivity contribution in [3.63, 3.8) is 0 Å². The Balaban J connectivity index is 1.73. The smallest absolute Gasteiger partial charge is 0.331 e. The third-order valence-electron chi connectivity index (χ3n) is 3.59. The normalized spacial score (nSPS) is 19.5. The van der Waals surface area contributed by atoms with E-state index in [1.54, 1.807) is 24.3 Å². The van der Waals surface area contributed by atoms with Crippen LogP contribution < -0.4 is 16.0 Å². The monoisotopic (exact) mass is 355 g/mol. The molecule has 8 nitrogen and oxygen atoms in total. The zero-order chi connectivity index (χ0) is 17.6. The van der Waals surface area contributed by atoms with E-state index in [2.05, 4.69) is 16.0 Å². The maximum atomic E-state index is 11.8. The summed E-state index contributed by atoms with van der Waals surface area (Å²) in [5, 5.41) is 17.2. The van der Waals surface area contributed by atoms with Crippen molar-refractivity contribution in [1.82, 2.24) is 16.0 Å². The van der Waals surface area contributed by atoms with Crippen LogP contribution in [0, 0.1) is 0 Å². The van der Waals surface area contributed by atoms with Gasteiger partial charge in [0, 0.05) is 24.6 Å². The van der Waals surface area contributed by atoms with Crippen molar-refractivity contribution < 1.29 is 24.2 Å². The molecule has 0 aromatic heterocycles. The lowest BCUT2D eigenvalue weighted by atomic mass is 9.99. The predicted octanol–water partition coefficient (Wildman–Crippen LogP) is 0.499. The van der Waals surface area contributed by atoms with Gasteiger partial charge in [0.25, 0.3) is 0 Å². The van der Waals surface area contributed by atoms with E-state index in [1.807, 2.05) is 0 Å². The van der Waals surface area contributed by atoms with Gasteiger partial charge in [-0.25, -0.2) is 9.59 Å². The molecule has 1 aliphatic rings. The Hall–Kier alpha value is -2.32. The zero-order valence-corrected chi connectivity index (χ0v) is 13.6. The third kappa shape index (κ3) is 4.84. The van der Waals surface area contributed by atoms with Crippen molar-refractivity contribution >= 4 is 29.5 Å². The SMILES string of the molecule is O=C(CNC(=O)NCc1ccc(Cl)cc1)NC1(C(=O)O)CCOC1. The topological polar surface area (TPSA) is 117 Å². The van der Waals surface area contributed by atoms with E-state index in [4.69, 9.17) is 16.3 Å². The molecule has 0 aliphatic carbocycles. The Labute approximate surface area is 143 Å². The van der Waals surface area contributed by atoms with Crippen LogP contribution in [-0.2, 0) is 20.9 Å². The molecule has 1 aromatic rings. The summed E-state index contributed by atoms with van der Waals surface area (Å²) >= 11 is 5.77. The summed E-state index contributed by atoms with van der Waals surface area (Å²) in [6.07, 6.45) is 0.191. The first kappa shape index (κ1) is 18.0. The summed E-state index contributed by atoms with van der Waals surface area (Å²) in [6, 6.07) is 6.42. The fourth-order valence-electron chi connectivity index (χ4n) is 2.20. The van der Waals surface area contributed by atoms with Crippen LogP contribution in [0.15, 0.2) is 24.3 Å². The second-order valence-electron chi connectivity index (χ2n) is 5.40. The van der Waals surface area contributed by atoms with Crippen LogP contribution in [0.4, 0.5) is 4.79 Å². The summed E-state index contributed by atoms with van der Waals surface area (Å²) < 4.78 is 5.04. The van der Waals surface area contributed by atoms with Crippen molar-refractivity contribution in [3.8, 4) is 0 Å². The molecule has 1 saturated heterocycles. The van der Waals surface area contributed by atoms with Gasteiger partial charge in [-0.1, -0.05) is 23.7 Å². The summed E-state index contributed by atoms with van der Waals surface area (Å²) in [6.45, 7) is 0.122. The van der Waals surface area contributed by atoms with E-state index < -0.39 is 23.4 Å². The fourth-order valence-corrected chi connectivity index (χ4v) is 2.33. The molecule has 1 heterocycles. The highest BCUT2D eigenvalue weighted by Gasteiger charge is 2.43. The lowest BCUT2D eigenvalue weighted by Crippen LogP contribution is -2.57. The number of aliphatic carboxylic acids is 1. The van der Waals surface area contributed by atoms with Gasteiger partial charge < -0.3 is 25.8 Å². The number of nitrogens with one attached hydrogen (secondary N) is 3. The lowest BCUT2D eigenvalue weighted by Gasteiger charge is -2.23. The minimum Gasteiger partial charge on any atom is -0.479 e. The Morgan fingerprint density at radius 1 is 1.21 bits per heavy atom. The van der Waals surface area contributed by atoms with E-state index in [0.29, 0.717) is 5.02 Å². The number of carboxylic acid groups (broad SMARTS) is 1. The molecule has 0 saturated carbocycles. The average molecular weight is 356 g/mol. The van der Waals surface area contributed by atoms with Crippen LogP contribution in [0.1, 0.15) is 12.0 Å². The minimum atomic E-state index is -1.42. The first-order valence-corrected chi connectivity index (χ1v) is 7.67. The van der Waals surface area contributed by atoms with Crippen LogP contribution in [0.2, 0.25) is 5.02 Å². The molecule has 1 unspecified atom stereocenters. The predicted molar refractivity (Wildman–Crippen MR) is 85.6 cm³/mol. The molecule has 1 aliphatic heterocycles. The molecule has 130 valence electrons. The number of carboxylic acids is 1. The number of ether oxygens (including phenoxy) is 1. The molecular formula is C15H18ClN3O5. The van der Waals surface area contributed by atoms with Gasteiger partial charge in [0.1, 0.15) is 0 Å². The van der Waals surface area contributed by atoms with E-state index in [1.165, 1.54) is 0 Å². The standard InChI is InChI=1S/C15H18ClN3O5/c16-11-3-1-10(2-4-11)7-17-14(23)18-8-12(20)19-15(13(21)22)5-6-24-9-15/h1-4H,5-9H2,(H,19,20)(H,21,22)(H2,17,18,23). The largest absolute Gasteiger partial charge is 0.479 e. The summed E-state index contributed by atoms with van der Waals surface area (Å²) in [4.78, 5) is 34.8. The number of carbonyl (C=O) groups excluding carboxylic acids is 2. The number of hydrogen-bond donors (Lipinski definition) is 4. The van der Waals surface area contributed by atoms with Crippen LogP contribution in [-0.4, -0.2) is 48.3 Å². The Morgan fingerprint density at radius 2 is 1.92 bits per heavy atom. The number of amides is 3. The van der Waals surface area contributed by atoms with Gasteiger partial charge in [-0.2, -0.15) is 0 Å². The zero-order valence-electron chi connectivity index (χ0n) is 12.8.